The van der Waals surface area contributed by atoms with Crippen LogP contribution in [0.25, 0.3) is 0 Å². The zero-order chi connectivity index (χ0) is 23.2. The Labute approximate surface area is 189 Å². The molecular weight excluding hydrogens is 411 g/mol. The molecule has 2 rings (SSSR count). The summed E-state index contributed by atoms with van der Waals surface area (Å²) in [6, 6.07) is 11.8. The van der Waals surface area contributed by atoms with Crippen LogP contribution in [-0.2, 0) is 21.9 Å². The molecule has 0 aromatic heterocycles. The number of hydrogen-bond donors (Lipinski definition) is 1. The van der Waals surface area contributed by atoms with Gasteiger partial charge in [-0.05, 0) is 64.8 Å². The average Bonchev–Trinajstić information content (AvgIpc) is 2.64. The van der Waals surface area contributed by atoms with Crippen LogP contribution in [0.3, 0.4) is 0 Å². The van der Waals surface area contributed by atoms with Crippen LogP contribution < -0.4 is 5.32 Å². The Balaban J connectivity index is 2.10. The Bertz CT molecular complexity index is 886. The number of nitrogens with one attached hydrogen (secondary N) is 1. The first-order valence-corrected chi connectivity index (χ1v) is 11.6. The van der Waals surface area contributed by atoms with Gasteiger partial charge in [0.15, 0.2) is 0 Å². The van der Waals surface area contributed by atoms with Gasteiger partial charge in [0.25, 0.3) is 0 Å². The molecule has 4 nitrogen and oxygen atoms in total. The third kappa shape index (κ3) is 8.37. The van der Waals surface area contributed by atoms with Gasteiger partial charge >= 0.3 is 0 Å². The van der Waals surface area contributed by atoms with Gasteiger partial charge < -0.3 is 10.2 Å². The van der Waals surface area contributed by atoms with E-state index >= 15 is 0 Å². The molecule has 6 heteroatoms. The highest BCUT2D eigenvalue weighted by atomic mass is 32.2. The summed E-state index contributed by atoms with van der Waals surface area (Å²) in [4.78, 5) is 27.4. The molecule has 0 fully saturated rings. The molecule has 0 unspecified atom stereocenters. The van der Waals surface area contributed by atoms with Crippen molar-refractivity contribution in [2.75, 3.05) is 5.75 Å². The SMILES string of the molecule is Cc1cc(C)cc(CSCC(=O)N(Cc2ccc(F)cc2)[C@H](C)C(=O)NC(C)(C)C)c1. The summed E-state index contributed by atoms with van der Waals surface area (Å²) in [5, 5.41) is 2.94. The van der Waals surface area contributed by atoms with Gasteiger partial charge in [0.2, 0.25) is 11.8 Å². The number of aryl methyl sites for hydroxylation is 2. The largest absolute Gasteiger partial charge is 0.350 e. The minimum Gasteiger partial charge on any atom is -0.350 e. The Kier molecular flexibility index (Phi) is 8.69. The molecule has 0 saturated carbocycles. The van der Waals surface area contributed by atoms with E-state index in [1.54, 1.807) is 24.0 Å². The predicted octanol–water partition coefficient (Wildman–Crippen LogP) is 5.01. The van der Waals surface area contributed by atoms with E-state index < -0.39 is 11.6 Å². The zero-order valence-corrected chi connectivity index (χ0v) is 20.1. The first-order valence-electron chi connectivity index (χ1n) is 10.5. The molecule has 1 N–H and O–H groups in total. The van der Waals surface area contributed by atoms with Gasteiger partial charge in [0.05, 0.1) is 5.75 Å². The average molecular weight is 445 g/mol. The molecule has 0 aliphatic heterocycles. The van der Waals surface area contributed by atoms with E-state index in [-0.39, 0.29) is 29.9 Å². The number of hydrogen-bond acceptors (Lipinski definition) is 3. The maximum atomic E-state index is 13.3. The lowest BCUT2D eigenvalue weighted by Crippen LogP contribution is -2.52. The van der Waals surface area contributed by atoms with Crippen LogP contribution in [0.4, 0.5) is 4.39 Å². The maximum absolute atomic E-state index is 13.3. The molecule has 0 heterocycles. The lowest BCUT2D eigenvalue weighted by atomic mass is 10.1. The molecule has 0 bridgehead atoms. The number of halogens is 1. The summed E-state index contributed by atoms with van der Waals surface area (Å²) >= 11 is 1.53. The first kappa shape index (κ1) is 24.9. The smallest absolute Gasteiger partial charge is 0.242 e. The molecule has 2 aromatic carbocycles. The van der Waals surface area contributed by atoms with Gasteiger partial charge in [-0.2, -0.15) is 0 Å². The van der Waals surface area contributed by atoms with Crippen LogP contribution in [0.15, 0.2) is 42.5 Å². The first-order chi connectivity index (χ1) is 14.4. The molecule has 0 aliphatic carbocycles. The Hall–Kier alpha value is -2.34. The second-order valence-electron chi connectivity index (χ2n) is 9.05. The van der Waals surface area contributed by atoms with Gasteiger partial charge in [-0.3, -0.25) is 9.59 Å². The number of nitrogens with zero attached hydrogens (tertiary/aromatic N) is 1. The van der Waals surface area contributed by atoms with E-state index in [2.05, 4.69) is 37.4 Å². The fourth-order valence-corrected chi connectivity index (χ4v) is 4.18. The predicted molar refractivity (Wildman–Crippen MR) is 126 cm³/mol. The second-order valence-corrected chi connectivity index (χ2v) is 10.0. The molecular formula is C25H33FN2O2S. The van der Waals surface area contributed by atoms with E-state index in [4.69, 9.17) is 0 Å². The summed E-state index contributed by atoms with van der Waals surface area (Å²) in [5.41, 5.74) is 3.97. The van der Waals surface area contributed by atoms with Crippen molar-refractivity contribution in [1.82, 2.24) is 10.2 Å². The highest BCUT2D eigenvalue weighted by molar-refractivity contribution is 7.99. The van der Waals surface area contributed by atoms with Gasteiger partial charge in [-0.1, -0.05) is 41.5 Å². The van der Waals surface area contributed by atoms with Crippen molar-refractivity contribution < 1.29 is 14.0 Å². The minimum atomic E-state index is -0.640. The number of rotatable bonds is 8. The highest BCUT2D eigenvalue weighted by Crippen LogP contribution is 2.18. The Morgan fingerprint density at radius 1 is 1.03 bits per heavy atom. The van der Waals surface area contributed by atoms with Crippen LogP contribution in [0.5, 0.6) is 0 Å². The molecule has 168 valence electrons. The monoisotopic (exact) mass is 444 g/mol. The fraction of sp³-hybridized carbons (Fsp3) is 0.440. The molecule has 1 atom stereocenters. The number of amides is 2. The number of benzene rings is 2. The Morgan fingerprint density at radius 2 is 1.61 bits per heavy atom. The van der Waals surface area contributed by atoms with E-state index in [0.29, 0.717) is 0 Å². The van der Waals surface area contributed by atoms with Crippen molar-refractivity contribution in [3.8, 4) is 0 Å². The number of thioether (sulfide) groups is 1. The van der Waals surface area contributed by atoms with E-state index in [0.717, 1.165) is 11.3 Å². The van der Waals surface area contributed by atoms with Crippen molar-refractivity contribution in [3.05, 3.63) is 70.5 Å². The third-order valence-electron chi connectivity index (χ3n) is 4.71. The number of carbonyl (C=O) groups is 2. The van der Waals surface area contributed by atoms with E-state index in [1.807, 2.05) is 20.8 Å². The van der Waals surface area contributed by atoms with Gasteiger partial charge in [0.1, 0.15) is 11.9 Å². The van der Waals surface area contributed by atoms with Gasteiger partial charge in [0, 0.05) is 17.8 Å². The van der Waals surface area contributed by atoms with Crippen molar-refractivity contribution in [3.63, 3.8) is 0 Å². The number of carbonyl (C=O) groups excluding carboxylic acids is 2. The van der Waals surface area contributed by atoms with Crippen molar-refractivity contribution >= 4 is 23.6 Å². The van der Waals surface area contributed by atoms with E-state index in [1.165, 1.54) is 40.6 Å². The quantitative estimate of drug-likeness (QED) is 0.623. The summed E-state index contributed by atoms with van der Waals surface area (Å²) in [5.74, 6) is 0.337. The third-order valence-corrected chi connectivity index (χ3v) is 5.70. The highest BCUT2D eigenvalue weighted by Gasteiger charge is 2.28. The maximum Gasteiger partial charge on any atom is 0.242 e. The van der Waals surface area contributed by atoms with Crippen LogP contribution in [0, 0.1) is 19.7 Å². The van der Waals surface area contributed by atoms with Crippen molar-refractivity contribution in [2.24, 2.45) is 0 Å². The lowest BCUT2D eigenvalue weighted by Gasteiger charge is -2.31. The van der Waals surface area contributed by atoms with Crippen molar-refractivity contribution in [2.45, 2.75) is 65.4 Å². The summed E-state index contributed by atoms with van der Waals surface area (Å²) in [6.07, 6.45) is 0. The summed E-state index contributed by atoms with van der Waals surface area (Å²) < 4.78 is 13.3. The topological polar surface area (TPSA) is 49.4 Å². The van der Waals surface area contributed by atoms with Gasteiger partial charge in [-0.15, -0.1) is 11.8 Å². The fourth-order valence-electron chi connectivity index (χ4n) is 3.33. The summed E-state index contributed by atoms with van der Waals surface area (Å²) in [7, 11) is 0. The normalized spacial score (nSPS) is 12.4. The molecule has 2 amide bonds. The van der Waals surface area contributed by atoms with Gasteiger partial charge in [-0.25, -0.2) is 4.39 Å². The molecule has 31 heavy (non-hydrogen) atoms. The zero-order valence-electron chi connectivity index (χ0n) is 19.3. The lowest BCUT2D eigenvalue weighted by molar-refractivity contribution is -0.139. The Morgan fingerprint density at radius 3 is 2.16 bits per heavy atom. The molecule has 0 aliphatic rings. The van der Waals surface area contributed by atoms with E-state index in [9.17, 15) is 14.0 Å². The molecule has 0 saturated heterocycles. The second kappa shape index (κ2) is 10.8. The standard InChI is InChI=1S/C25H33FN2O2S/c1-17-11-18(2)13-21(12-17)15-31-16-23(29)28(14-20-7-9-22(26)10-8-20)19(3)24(30)27-25(4,5)6/h7-13,19H,14-16H2,1-6H3,(H,27,30)/t19-/m1/s1. The molecule has 0 radical (unpaired) electrons. The van der Waals surface area contributed by atoms with Crippen LogP contribution >= 0.6 is 11.8 Å². The van der Waals surface area contributed by atoms with Crippen LogP contribution in [0.1, 0.15) is 49.9 Å². The molecule has 2 aromatic rings. The van der Waals surface area contributed by atoms with Crippen LogP contribution in [0.2, 0.25) is 0 Å². The minimum absolute atomic E-state index is 0.116. The summed E-state index contributed by atoms with van der Waals surface area (Å²) in [6.45, 7) is 11.8. The van der Waals surface area contributed by atoms with Crippen LogP contribution in [-0.4, -0.2) is 34.0 Å². The molecule has 0 spiro atoms. The van der Waals surface area contributed by atoms with Crippen molar-refractivity contribution in [1.29, 1.82) is 0 Å².